The summed E-state index contributed by atoms with van der Waals surface area (Å²) in [6.45, 7) is 2.23. The fraction of sp³-hybridized carbons (Fsp3) is 0.536. The normalized spacial score (nSPS) is 11.3. The first-order valence-electron chi connectivity index (χ1n) is 13.4. The van der Waals surface area contributed by atoms with Gasteiger partial charge in [-0.15, -0.1) is 0 Å². The summed E-state index contributed by atoms with van der Waals surface area (Å²) in [4.78, 5) is 22.3. The highest BCUT2D eigenvalue weighted by Crippen LogP contribution is 2.25. The number of hydrogen-bond donors (Lipinski definition) is 1. The summed E-state index contributed by atoms with van der Waals surface area (Å²) in [5.41, 5.74) is 1.47. The maximum absolute atomic E-state index is 12.2. The topological polar surface area (TPSA) is 116 Å². The van der Waals surface area contributed by atoms with Crippen LogP contribution in [0.4, 0.5) is 5.69 Å². The maximum Gasteiger partial charge on any atom is 0.409 e. The largest absolute Gasteiger partial charge is 0.409 e. The zero-order valence-electron chi connectivity index (χ0n) is 21.8. The van der Waals surface area contributed by atoms with Gasteiger partial charge in [-0.05, 0) is 41.8 Å². The standard InChI is InChI=1S/C28H40N2O6S/c1-2-3-4-5-6-7-8-9-10-11-12-13-14-15-28(31)29-37(34,35)36-27-22-18-25(19-23-27)24-16-20-26(21-17-24)30(32)33/h16-23H,2-15H2,1H3,(H,29,31). The van der Waals surface area contributed by atoms with Crippen LogP contribution in [0, 0.1) is 10.1 Å². The first-order valence-corrected chi connectivity index (χ1v) is 14.8. The van der Waals surface area contributed by atoms with E-state index >= 15 is 0 Å². The van der Waals surface area contributed by atoms with Gasteiger partial charge in [0.2, 0.25) is 5.91 Å². The summed E-state index contributed by atoms with van der Waals surface area (Å²) in [6, 6.07) is 12.2. The Morgan fingerprint density at radius 3 is 1.65 bits per heavy atom. The Morgan fingerprint density at radius 2 is 1.19 bits per heavy atom. The van der Waals surface area contributed by atoms with Crippen LogP contribution in [0.5, 0.6) is 5.75 Å². The summed E-state index contributed by atoms with van der Waals surface area (Å²) in [6.07, 6.45) is 15.7. The second kappa shape index (κ2) is 16.7. The second-order valence-corrected chi connectivity index (χ2v) is 10.7. The van der Waals surface area contributed by atoms with Crippen molar-refractivity contribution in [2.75, 3.05) is 0 Å². The zero-order valence-corrected chi connectivity index (χ0v) is 22.6. The van der Waals surface area contributed by atoms with Crippen molar-refractivity contribution in [2.24, 2.45) is 0 Å². The highest BCUT2D eigenvalue weighted by atomic mass is 32.2. The molecule has 0 aliphatic heterocycles. The van der Waals surface area contributed by atoms with E-state index in [0.717, 1.165) is 30.4 Å². The fourth-order valence-corrected chi connectivity index (χ4v) is 4.91. The lowest BCUT2D eigenvalue weighted by molar-refractivity contribution is -0.384. The van der Waals surface area contributed by atoms with Crippen LogP contribution < -0.4 is 8.91 Å². The Bertz CT molecular complexity index is 1050. The van der Waals surface area contributed by atoms with E-state index in [1.165, 1.54) is 82.1 Å². The molecule has 8 nitrogen and oxygen atoms in total. The molecule has 0 bridgehead atoms. The van der Waals surface area contributed by atoms with Crippen molar-refractivity contribution in [1.82, 2.24) is 4.72 Å². The fourth-order valence-electron chi connectivity index (χ4n) is 4.12. The summed E-state index contributed by atoms with van der Waals surface area (Å²) >= 11 is 0. The highest BCUT2D eigenvalue weighted by molar-refractivity contribution is 7.85. The molecule has 37 heavy (non-hydrogen) atoms. The summed E-state index contributed by atoms with van der Waals surface area (Å²) in [5, 5.41) is 10.8. The third kappa shape index (κ3) is 12.7. The molecule has 0 aromatic heterocycles. The zero-order chi connectivity index (χ0) is 26.9. The molecule has 0 radical (unpaired) electrons. The van der Waals surface area contributed by atoms with Crippen LogP contribution in [0.15, 0.2) is 48.5 Å². The summed E-state index contributed by atoms with van der Waals surface area (Å²) in [7, 11) is -4.27. The predicted molar refractivity (Wildman–Crippen MR) is 147 cm³/mol. The average Bonchev–Trinajstić information content (AvgIpc) is 2.87. The van der Waals surface area contributed by atoms with Crippen molar-refractivity contribution < 1.29 is 22.3 Å². The SMILES string of the molecule is CCCCCCCCCCCCCCCC(=O)NS(=O)(=O)Oc1ccc(-c2ccc([N+](=O)[O-])cc2)cc1. The van der Waals surface area contributed by atoms with Crippen LogP contribution in [0.3, 0.4) is 0 Å². The van der Waals surface area contributed by atoms with Gasteiger partial charge in [-0.25, -0.2) is 4.72 Å². The number of hydrogen-bond acceptors (Lipinski definition) is 6. The molecule has 204 valence electrons. The van der Waals surface area contributed by atoms with Gasteiger partial charge in [0.25, 0.3) is 5.69 Å². The molecule has 2 rings (SSSR count). The molecule has 0 spiro atoms. The molecule has 1 N–H and O–H groups in total. The van der Waals surface area contributed by atoms with E-state index in [-0.39, 0.29) is 17.9 Å². The number of unbranched alkanes of at least 4 members (excludes halogenated alkanes) is 12. The van der Waals surface area contributed by atoms with E-state index in [1.807, 2.05) is 4.72 Å². The van der Waals surface area contributed by atoms with Gasteiger partial charge in [0.05, 0.1) is 4.92 Å². The Labute approximate surface area is 221 Å². The van der Waals surface area contributed by atoms with Gasteiger partial charge < -0.3 is 4.18 Å². The number of benzene rings is 2. The van der Waals surface area contributed by atoms with Gasteiger partial charge >= 0.3 is 10.3 Å². The van der Waals surface area contributed by atoms with Crippen molar-refractivity contribution in [3.05, 3.63) is 58.6 Å². The van der Waals surface area contributed by atoms with Crippen molar-refractivity contribution in [2.45, 2.75) is 96.8 Å². The molecule has 0 aliphatic rings. The molecule has 0 heterocycles. The van der Waals surface area contributed by atoms with Gasteiger partial charge in [0, 0.05) is 18.6 Å². The number of nitro groups is 1. The van der Waals surface area contributed by atoms with Crippen LogP contribution in [0.1, 0.15) is 96.8 Å². The number of nitrogens with one attached hydrogen (secondary N) is 1. The smallest absolute Gasteiger partial charge is 0.367 e. The Morgan fingerprint density at radius 1 is 0.757 bits per heavy atom. The molecule has 0 saturated heterocycles. The number of carbonyl (C=O) groups is 1. The first kappa shape index (κ1) is 30.3. The molecule has 2 aromatic carbocycles. The quantitative estimate of drug-likeness (QED) is 0.114. The van der Waals surface area contributed by atoms with E-state index in [0.29, 0.717) is 6.42 Å². The minimum absolute atomic E-state index is 0.00987. The lowest BCUT2D eigenvalue weighted by atomic mass is 10.0. The van der Waals surface area contributed by atoms with E-state index in [9.17, 15) is 23.3 Å². The van der Waals surface area contributed by atoms with Crippen molar-refractivity contribution >= 4 is 21.9 Å². The predicted octanol–water partition coefficient (Wildman–Crippen LogP) is 7.48. The number of nitrogens with zero attached hydrogens (tertiary/aromatic N) is 1. The third-order valence-corrected chi connectivity index (χ3v) is 7.11. The molecule has 9 heteroatoms. The molecular formula is C28H40N2O6S. The highest BCUT2D eigenvalue weighted by Gasteiger charge is 2.16. The van der Waals surface area contributed by atoms with E-state index in [4.69, 9.17) is 4.18 Å². The molecule has 0 unspecified atom stereocenters. The molecule has 0 atom stereocenters. The number of carbonyl (C=O) groups excluding carboxylic acids is 1. The van der Waals surface area contributed by atoms with Gasteiger partial charge in [0.15, 0.2) is 0 Å². The third-order valence-electron chi connectivity index (χ3n) is 6.22. The van der Waals surface area contributed by atoms with Gasteiger partial charge in [0.1, 0.15) is 5.75 Å². The average molecular weight is 533 g/mol. The van der Waals surface area contributed by atoms with E-state index in [1.54, 1.807) is 24.3 Å². The molecule has 2 aromatic rings. The summed E-state index contributed by atoms with van der Waals surface area (Å²) in [5.74, 6) is -0.516. The van der Waals surface area contributed by atoms with Crippen molar-refractivity contribution in [3.63, 3.8) is 0 Å². The molecule has 1 amide bonds. The molecule has 0 aliphatic carbocycles. The second-order valence-electron chi connectivity index (χ2n) is 9.38. The van der Waals surface area contributed by atoms with Gasteiger partial charge in [-0.1, -0.05) is 96.1 Å². The number of non-ortho nitro benzene ring substituents is 1. The summed E-state index contributed by atoms with van der Waals surface area (Å²) < 4.78 is 31.3. The number of rotatable bonds is 19. The van der Waals surface area contributed by atoms with E-state index < -0.39 is 21.1 Å². The van der Waals surface area contributed by atoms with Crippen molar-refractivity contribution in [3.8, 4) is 16.9 Å². The minimum Gasteiger partial charge on any atom is -0.367 e. The Kier molecular flexibility index (Phi) is 13.7. The minimum atomic E-state index is -4.27. The van der Waals surface area contributed by atoms with E-state index in [2.05, 4.69) is 6.92 Å². The number of amides is 1. The number of nitro benzene ring substituents is 1. The molecular weight excluding hydrogens is 492 g/mol. The van der Waals surface area contributed by atoms with Crippen LogP contribution >= 0.6 is 0 Å². The van der Waals surface area contributed by atoms with Crippen LogP contribution in [0.25, 0.3) is 11.1 Å². The van der Waals surface area contributed by atoms with Crippen LogP contribution in [-0.2, 0) is 15.1 Å². The lowest BCUT2D eigenvalue weighted by Gasteiger charge is -2.09. The first-order chi connectivity index (χ1) is 17.8. The van der Waals surface area contributed by atoms with Gasteiger partial charge in [-0.3, -0.25) is 14.9 Å². The monoisotopic (exact) mass is 532 g/mol. The molecule has 0 saturated carbocycles. The van der Waals surface area contributed by atoms with Crippen molar-refractivity contribution in [1.29, 1.82) is 0 Å². The Balaban J connectivity index is 1.60. The van der Waals surface area contributed by atoms with Gasteiger partial charge in [-0.2, -0.15) is 8.42 Å². The van der Waals surface area contributed by atoms with Crippen LogP contribution in [-0.4, -0.2) is 19.2 Å². The van der Waals surface area contributed by atoms with Crippen LogP contribution in [0.2, 0.25) is 0 Å². The molecule has 0 fully saturated rings. The maximum atomic E-state index is 12.2. The Hall–Kier alpha value is -2.94. The lowest BCUT2D eigenvalue weighted by Crippen LogP contribution is -2.33.